The molecule has 3 nitrogen and oxygen atoms in total. The third-order valence-electron chi connectivity index (χ3n) is 3.28. The normalized spacial score (nSPS) is 10.5. The van der Waals surface area contributed by atoms with Crippen molar-refractivity contribution in [3.8, 4) is 11.5 Å². The molecule has 0 aromatic heterocycles. The second-order valence-electron chi connectivity index (χ2n) is 4.99. The van der Waals surface area contributed by atoms with Crippen molar-refractivity contribution < 1.29 is 14.2 Å². The summed E-state index contributed by atoms with van der Waals surface area (Å²) in [6, 6.07) is 16.1. The molecule has 0 bridgehead atoms. The standard InChI is InChI=1S/C19H23O3/c1-3-7-17-10-11-18(21-13-12-20-2)14-19(17)22-15-16-8-5-4-6-9-16/h4-6,8-11,14H,1,3,7,12-13,15H2,2H3. The Hall–Kier alpha value is -2.00. The van der Waals surface area contributed by atoms with Crippen molar-refractivity contribution >= 4 is 0 Å². The first-order chi connectivity index (χ1) is 10.8. The predicted molar refractivity (Wildman–Crippen MR) is 88.3 cm³/mol. The zero-order valence-electron chi connectivity index (χ0n) is 13.1. The van der Waals surface area contributed by atoms with Gasteiger partial charge in [0.05, 0.1) is 6.61 Å². The van der Waals surface area contributed by atoms with Crippen molar-refractivity contribution in [1.29, 1.82) is 0 Å². The highest BCUT2D eigenvalue weighted by atomic mass is 16.5. The van der Waals surface area contributed by atoms with Gasteiger partial charge in [-0.3, -0.25) is 0 Å². The van der Waals surface area contributed by atoms with Crippen molar-refractivity contribution in [2.24, 2.45) is 0 Å². The third-order valence-corrected chi connectivity index (χ3v) is 3.28. The highest BCUT2D eigenvalue weighted by Gasteiger charge is 2.06. The zero-order valence-corrected chi connectivity index (χ0v) is 13.1. The Balaban J connectivity index is 2.05. The predicted octanol–water partition coefficient (Wildman–Crippen LogP) is 4.06. The molecule has 3 heteroatoms. The van der Waals surface area contributed by atoms with Crippen LogP contribution in [0.3, 0.4) is 0 Å². The second kappa shape index (κ2) is 9.11. The minimum absolute atomic E-state index is 0.531. The lowest BCUT2D eigenvalue weighted by atomic mass is 10.1. The van der Waals surface area contributed by atoms with Crippen LogP contribution in [-0.4, -0.2) is 20.3 Å². The lowest BCUT2D eigenvalue weighted by molar-refractivity contribution is 0.146. The van der Waals surface area contributed by atoms with Crippen LogP contribution in [0.4, 0.5) is 0 Å². The van der Waals surface area contributed by atoms with Crippen molar-refractivity contribution in [2.75, 3.05) is 20.3 Å². The number of aryl methyl sites for hydroxylation is 1. The van der Waals surface area contributed by atoms with Crippen LogP contribution in [0.15, 0.2) is 48.5 Å². The van der Waals surface area contributed by atoms with E-state index in [1.807, 2.05) is 36.4 Å². The lowest BCUT2D eigenvalue weighted by Crippen LogP contribution is -2.05. The highest BCUT2D eigenvalue weighted by Crippen LogP contribution is 2.27. The van der Waals surface area contributed by atoms with Crippen LogP contribution in [0.2, 0.25) is 0 Å². The van der Waals surface area contributed by atoms with E-state index in [1.54, 1.807) is 7.11 Å². The van der Waals surface area contributed by atoms with Crippen molar-refractivity contribution in [2.45, 2.75) is 19.4 Å². The number of hydrogen-bond acceptors (Lipinski definition) is 3. The first kappa shape index (κ1) is 16.4. The first-order valence-corrected chi connectivity index (χ1v) is 7.54. The van der Waals surface area contributed by atoms with Crippen LogP contribution in [0, 0.1) is 6.92 Å². The molecule has 0 aliphatic carbocycles. The van der Waals surface area contributed by atoms with Gasteiger partial charge in [0.25, 0.3) is 0 Å². The van der Waals surface area contributed by atoms with E-state index in [9.17, 15) is 0 Å². The van der Waals surface area contributed by atoms with Gasteiger partial charge in [0.1, 0.15) is 24.7 Å². The van der Waals surface area contributed by atoms with Crippen molar-refractivity contribution in [3.63, 3.8) is 0 Å². The molecule has 2 aromatic carbocycles. The van der Waals surface area contributed by atoms with Crippen LogP contribution >= 0.6 is 0 Å². The summed E-state index contributed by atoms with van der Waals surface area (Å²) in [4.78, 5) is 0. The molecular weight excluding hydrogens is 276 g/mol. The summed E-state index contributed by atoms with van der Waals surface area (Å²) in [6.07, 6.45) is 1.73. The molecule has 0 unspecified atom stereocenters. The Morgan fingerprint density at radius 1 is 0.955 bits per heavy atom. The maximum absolute atomic E-state index is 5.98. The molecule has 0 spiro atoms. The van der Waals surface area contributed by atoms with E-state index in [1.165, 1.54) is 0 Å². The molecule has 22 heavy (non-hydrogen) atoms. The molecule has 0 saturated carbocycles. The van der Waals surface area contributed by atoms with Gasteiger partial charge in [-0.2, -0.15) is 0 Å². The number of rotatable bonds is 9. The van der Waals surface area contributed by atoms with Gasteiger partial charge in [0, 0.05) is 13.2 Å². The summed E-state index contributed by atoms with van der Waals surface area (Å²) >= 11 is 0. The third kappa shape index (κ3) is 5.08. The van der Waals surface area contributed by atoms with Gasteiger partial charge in [0.2, 0.25) is 0 Å². The van der Waals surface area contributed by atoms with Gasteiger partial charge in [0.15, 0.2) is 0 Å². The topological polar surface area (TPSA) is 27.7 Å². The fourth-order valence-corrected chi connectivity index (χ4v) is 2.13. The molecule has 117 valence electrons. The summed E-state index contributed by atoms with van der Waals surface area (Å²) in [5.41, 5.74) is 2.30. The average molecular weight is 299 g/mol. The molecule has 0 aliphatic rings. The Morgan fingerprint density at radius 2 is 1.77 bits per heavy atom. The maximum Gasteiger partial charge on any atom is 0.126 e. The molecule has 1 radical (unpaired) electrons. The Bertz CT molecular complexity index is 552. The monoisotopic (exact) mass is 299 g/mol. The Labute approximate surface area is 132 Å². The summed E-state index contributed by atoms with van der Waals surface area (Å²) in [6.45, 7) is 5.57. The number of ether oxygens (including phenoxy) is 3. The maximum atomic E-state index is 5.98. The van der Waals surface area contributed by atoms with Crippen molar-refractivity contribution in [1.82, 2.24) is 0 Å². The fraction of sp³-hybridized carbons (Fsp3) is 0.316. The van der Waals surface area contributed by atoms with E-state index in [0.29, 0.717) is 19.8 Å². The van der Waals surface area contributed by atoms with Crippen molar-refractivity contribution in [3.05, 3.63) is 66.6 Å². The molecule has 0 N–H and O–H groups in total. The highest BCUT2D eigenvalue weighted by molar-refractivity contribution is 5.41. The van der Waals surface area contributed by atoms with E-state index < -0.39 is 0 Å². The largest absolute Gasteiger partial charge is 0.491 e. The summed E-state index contributed by atoms with van der Waals surface area (Å²) in [7, 11) is 1.66. The van der Waals surface area contributed by atoms with Crippen LogP contribution in [0.5, 0.6) is 11.5 Å². The summed E-state index contributed by atoms with van der Waals surface area (Å²) in [5, 5.41) is 0. The molecule has 0 amide bonds. The minimum Gasteiger partial charge on any atom is -0.491 e. The number of methoxy groups -OCH3 is 1. The molecule has 0 heterocycles. The van der Waals surface area contributed by atoms with E-state index in [-0.39, 0.29) is 0 Å². The van der Waals surface area contributed by atoms with Crippen LogP contribution in [-0.2, 0) is 17.8 Å². The van der Waals surface area contributed by atoms with Crippen LogP contribution in [0.25, 0.3) is 0 Å². The number of benzene rings is 2. The van der Waals surface area contributed by atoms with Crippen LogP contribution in [0.1, 0.15) is 17.5 Å². The zero-order chi connectivity index (χ0) is 15.6. The van der Waals surface area contributed by atoms with E-state index in [4.69, 9.17) is 14.2 Å². The quantitative estimate of drug-likeness (QED) is 0.654. The lowest BCUT2D eigenvalue weighted by Gasteiger charge is -2.14. The van der Waals surface area contributed by atoms with Gasteiger partial charge in [-0.15, -0.1) is 0 Å². The molecule has 2 rings (SSSR count). The van der Waals surface area contributed by atoms with E-state index in [0.717, 1.165) is 35.5 Å². The first-order valence-electron chi connectivity index (χ1n) is 7.54. The van der Waals surface area contributed by atoms with E-state index >= 15 is 0 Å². The van der Waals surface area contributed by atoms with Gasteiger partial charge in [-0.05, 0) is 30.0 Å². The average Bonchev–Trinajstić information content (AvgIpc) is 2.56. The molecule has 0 fully saturated rings. The number of hydrogen-bond donors (Lipinski definition) is 0. The van der Waals surface area contributed by atoms with Gasteiger partial charge in [-0.25, -0.2) is 0 Å². The fourth-order valence-electron chi connectivity index (χ4n) is 2.13. The van der Waals surface area contributed by atoms with Gasteiger partial charge in [-0.1, -0.05) is 43.3 Å². The minimum atomic E-state index is 0.531. The Kier molecular flexibility index (Phi) is 6.78. The summed E-state index contributed by atoms with van der Waals surface area (Å²) < 4.78 is 16.6. The van der Waals surface area contributed by atoms with Gasteiger partial charge < -0.3 is 14.2 Å². The van der Waals surface area contributed by atoms with Gasteiger partial charge >= 0.3 is 0 Å². The van der Waals surface area contributed by atoms with Crippen LogP contribution < -0.4 is 9.47 Å². The Morgan fingerprint density at radius 3 is 2.50 bits per heavy atom. The molecule has 0 atom stereocenters. The molecule has 2 aromatic rings. The molecular formula is C19H23O3. The smallest absolute Gasteiger partial charge is 0.126 e. The SMILES string of the molecule is [CH2]CCc1ccc(OCCOC)cc1OCc1ccccc1. The summed E-state index contributed by atoms with van der Waals surface area (Å²) in [5.74, 6) is 1.66. The molecule has 0 aliphatic heterocycles. The van der Waals surface area contributed by atoms with E-state index in [2.05, 4.69) is 19.1 Å². The molecule has 0 saturated heterocycles. The second-order valence-corrected chi connectivity index (χ2v) is 4.99.